The lowest BCUT2D eigenvalue weighted by Gasteiger charge is -2.19. The number of benzene rings is 3. The Morgan fingerprint density at radius 2 is 1.72 bits per heavy atom. The predicted molar refractivity (Wildman–Crippen MR) is 118 cm³/mol. The van der Waals surface area contributed by atoms with Gasteiger partial charge < -0.3 is 11.5 Å². The topological polar surface area (TPSA) is 108 Å². The molecule has 3 aromatic rings. The molecule has 0 atom stereocenters. The van der Waals surface area contributed by atoms with Gasteiger partial charge in [0.2, 0.25) is 6.41 Å². The number of anilines is 3. The Morgan fingerprint density at radius 1 is 0.966 bits per heavy atom. The normalized spacial score (nSPS) is 10.7. The zero-order valence-corrected chi connectivity index (χ0v) is 16.3. The molecule has 0 saturated heterocycles. The molecule has 0 aliphatic carbocycles. The molecule has 0 radical (unpaired) electrons. The van der Waals surface area contributed by atoms with Crippen molar-refractivity contribution in [1.29, 1.82) is 5.26 Å². The highest BCUT2D eigenvalue weighted by atomic mass is 16.1. The highest BCUT2D eigenvalue weighted by Gasteiger charge is 2.15. The fourth-order valence-electron chi connectivity index (χ4n) is 3.14. The molecule has 0 aliphatic rings. The van der Waals surface area contributed by atoms with Crippen LogP contribution in [-0.4, -0.2) is 12.7 Å². The number of aliphatic imine (C=N–C) groups is 1. The average molecular weight is 383 g/mol. The van der Waals surface area contributed by atoms with Gasteiger partial charge in [0.25, 0.3) is 0 Å². The van der Waals surface area contributed by atoms with Crippen LogP contribution in [0.4, 0.5) is 22.7 Å². The number of amides is 1. The van der Waals surface area contributed by atoms with Crippen LogP contribution in [0.1, 0.15) is 16.7 Å². The van der Waals surface area contributed by atoms with Gasteiger partial charge in [-0.25, -0.2) is 4.99 Å². The van der Waals surface area contributed by atoms with Gasteiger partial charge in [-0.1, -0.05) is 36.4 Å². The van der Waals surface area contributed by atoms with E-state index in [0.29, 0.717) is 28.9 Å². The molecule has 0 saturated carbocycles. The number of hydrogen-bond donors (Lipinski definition) is 2. The number of nitrogens with two attached hydrogens (primary N) is 2. The summed E-state index contributed by atoms with van der Waals surface area (Å²) in [5, 5.41) is 9.13. The molecule has 3 aromatic carbocycles. The van der Waals surface area contributed by atoms with Gasteiger partial charge in [-0.3, -0.25) is 9.69 Å². The summed E-state index contributed by atoms with van der Waals surface area (Å²) >= 11 is 0. The van der Waals surface area contributed by atoms with E-state index >= 15 is 0 Å². The molecule has 6 nitrogen and oxygen atoms in total. The molecular formula is C23H21N5O. The van der Waals surface area contributed by atoms with E-state index in [4.69, 9.17) is 16.7 Å². The monoisotopic (exact) mass is 383 g/mol. The van der Waals surface area contributed by atoms with Crippen LogP contribution in [0.25, 0.3) is 11.1 Å². The SMILES string of the molecule is Cc1ccccc1N=CN(C=O)c1cccc(-c2ccc(C#N)c(N)c2N)c1C. The number of nitrogens with zero attached hydrogens (tertiary/aromatic N) is 3. The third kappa shape index (κ3) is 3.80. The van der Waals surface area contributed by atoms with Crippen molar-refractivity contribution in [2.75, 3.05) is 16.4 Å². The molecule has 6 heteroatoms. The van der Waals surface area contributed by atoms with Gasteiger partial charge in [-0.2, -0.15) is 5.26 Å². The smallest absolute Gasteiger partial charge is 0.219 e. The number of hydrogen-bond acceptors (Lipinski definition) is 5. The van der Waals surface area contributed by atoms with E-state index < -0.39 is 0 Å². The van der Waals surface area contributed by atoms with E-state index in [9.17, 15) is 4.79 Å². The predicted octanol–water partition coefficient (Wildman–Crippen LogP) is 4.33. The molecule has 0 aliphatic heterocycles. The van der Waals surface area contributed by atoms with Crippen molar-refractivity contribution in [2.24, 2.45) is 4.99 Å². The summed E-state index contributed by atoms with van der Waals surface area (Å²) in [6, 6.07) is 18.7. The van der Waals surface area contributed by atoms with Crippen molar-refractivity contribution in [3.05, 3.63) is 71.3 Å². The standard InChI is InChI=1S/C23H21N5O/c1-15-6-3-4-8-20(15)27-13-28(14-29)21-9-5-7-18(16(21)2)19-11-10-17(12-24)22(25)23(19)26/h3-11,13-14H,25-26H2,1-2H3. The highest BCUT2D eigenvalue weighted by Crippen LogP contribution is 2.37. The Labute approximate surface area is 169 Å². The molecule has 3 rings (SSSR count). The molecule has 0 unspecified atom stereocenters. The van der Waals surface area contributed by atoms with Crippen LogP contribution in [0.15, 0.2) is 59.6 Å². The van der Waals surface area contributed by atoms with Crippen molar-refractivity contribution in [2.45, 2.75) is 13.8 Å². The molecule has 0 aromatic heterocycles. The zero-order chi connectivity index (χ0) is 21.0. The summed E-state index contributed by atoms with van der Waals surface area (Å²) in [4.78, 5) is 17.6. The minimum atomic E-state index is 0.253. The first kappa shape index (κ1) is 19.6. The van der Waals surface area contributed by atoms with Crippen molar-refractivity contribution >= 4 is 35.5 Å². The Balaban J connectivity index is 2.04. The van der Waals surface area contributed by atoms with Crippen LogP contribution in [0.5, 0.6) is 0 Å². The third-order valence-electron chi connectivity index (χ3n) is 4.83. The quantitative estimate of drug-likeness (QED) is 0.296. The molecule has 0 bridgehead atoms. The van der Waals surface area contributed by atoms with Gasteiger partial charge in [0.1, 0.15) is 12.4 Å². The van der Waals surface area contributed by atoms with Crippen molar-refractivity contribution < 1.29 is 4.79 Å². The Hall–Kier alpha value is -4.11. The summed E-state index contributed by atoms with van der Waals surface area (Å²) in [7, 11) is 0. The maximum Gasteiger partial charge on any atom is 0.219 e. The van der Waals surface area contributed by atoms with Crippen LogP contribution in [0.3, 0.4) is 0 Å². The van der Waals surface area contributed by atoms with E-state index in [2.05, 4.69) is 4.99 Å². The van der Waals surface area contributed by atoms with E-state index in [1.807, 2.05) is 62.4 Å². The largest absolute Gasteiger partial charge is 0.397 e. The lowest BCUT2D eigenvalue weighted by Crippen LogP contribution is -2.19. The van der Waals surface area contributed by atoms with Crippen molar-refractivity contribution in [3.63, 3.8) is 0 Å². The molecule has 0 heterocycles. The summed E-state index contributed by atoms with van der Waals surface area (Å²) in [5.74, 6) is 0. The van der Waals surface area contributed by atoms with Crippen LogP contribution in [0, 0.1) is 25.2 Å². The fourth-order valence-corrected chi connectivity index (χ4v) is 3.14. The zero-order valence-electron chi connectivity index (χ0n) is 16.3. The first-order chi connectivity index (χ1) is 14.0. The number of para-hydroxylation sites is 1. The Kier molecular flexibility index (Phi) is 5.61. The first-order valence-electron chi connectivity index (χ1n) is 8.99. The molecule has 29 heavy (non-hydrogen) atoms. The number of aryl methyl sites for hydroxylation is 1. The van der Waals surface area contributed by atoms with Gasteiger partial charge in [-0.15, -0.1) is 0 Å². The fraction of sp³-hybridized carbons (Fsp3) is 0.0870. The minimum absolute atomic E-state index is 0.253. The molecule has 1 amide bonds. The van der Waals surface area contributed by atoms with Crippen LogP contribution in [0.2, 0.25) is 0 Å². The molecule has 144 valence electrons. The Bertz CT molecular complexity index is 1140. The molecule has 0 fully saturated rings. The van der Waals surface area contributed by atoms with Gasteiger partial charge in [0.15, 0.2) is 0 Å². The van der Waals surface area contributed by atoms with Crippen molar-refractivity contribution in [3.8, 4) is 17.2 Å². The second kappa shape index (κ2) is 8.28. The molecule has 4 N–H and O–H groups in total. The van der Waals surface area contributed by atoms with Crippen LogP contribution in [-0.2, 0) is 4.79 Å². The van der Waals surface area contributed by atoms with Gasteiger partial charge in [0.05, 0.1) is 28.3 Å². The van der Waals surface area contributed by atoms with E-state index in [0.717, 1.165) is 22.4 Å². The number of nitrogen functional groups attached to an aromatic ring is 2. The summed E-state index contributed by atoms with van der Waals surface area (Å²) < 4.78 is 0. The average Bonchev–Trinajstić information content (AvgIpc) is 2.73. The minimum Gasteiger partial charge on any atom is -0.397 e. The van der Waals surface area contributed by atoms with Crippen molar-refractivity contribution in [1.82, 2.24) is 0 Å². The number of carbonyl (C=O) groups excluding carboxylic acids is 1. The second-order valence-corrected chi connectivity index (χ2v) is 6.59. The van der Waals surface area contributed by atoms with Crippen LogP contribution >= 0.6 is 0 Å². The number of nitriles is 1. The molecule has 0 spiro atoms. The van der Waals surface area contributed by atoms with E-state index in [1.165, 1.54) is 11.2 Å². The van der Waals surface area contributed by atoms with Gasteiger partial charge in [0, 0.05) is 5.56 Å². The van der Waals surface area contributed by atoms with Crippen LogP contribution < -0.4 is 16.4 Å². The lowest BCUT2D eigenvalue weighted by atomic mass is 9.95. The van der Waals surface area contributed by atoms with Gasteiger partial charge in [-0.05, 0) is 48.7 Å². The second-order valence-electron chi connectivity index (χ2n) is 6.59. The summed E-state index contributed by atoms with van der Waals surface area (Å²) in [6.45, 7) is 3.86. The maximum absolute atomic E-state index is 11.8. The maximum atomic E-state index is 11.8. The third-order valence-corrected chi connectivity index (χ3v) is 4.83. The summed E-state index contributed by atoms with van der Waals surface area (Å²) in [5.41, 5.74) is 18.0. The van der Waals surface area contributed by atoms with E-state index in [1.54, 1.807) is 12.1 Å². The Morgan fingerprint density at radius 3 is 2.41 bits per heavy atom. The number of rotatable bonds is 5. The van der Waals surface area contributed by atoms with E-state index in [-0.39, 0.29) is 5.69 Å². The highest BCUT2D eigenvalue weighted by molar-refractivity contribution is 6.01. The lowest BCUT2D eigenvalue weighted by molar-refractivity contribution is -0.106. The van der Waals surface area contributed by atoms with Gasteiger partial charge >= 0.3 is 0 Å². The number of carbonyl (C=O) groups is 1. The molecular weight excluding hydrogens is 362 g/mol. The first-order valence-corrected chi connectivity index (χ1v) is 8.99. The summed E-state index contributed by atoms with van der Waals surface area (Å²) in [6.07, 6.45) is 2.21.